The van der Waals surface area contributed by atoms with E-state index in [4.69, 9.17) is 5.73 Å². The second kappa shape index (κ2) is 4.89. The van der Waals surface area contributed by atoms with Crippen LogP contribution in [-0.2, 0) is 13.6 Å². The molecule has 0 saturated carbocycles. The van der Waals surface area contributed by atoms with Gasteiger partial charge < -0.3 is 21.3 Å². The average Bonchev–Trinajstić information content (AvgIpc) is 2.66. The number of nitrogens with zero attached hydrogens (tertiary/aromatic N) is 2. The van der Waals surface area contributed by atoms with Crippen molar-refractivity contribution in [2.75, 3.05) is 5.73 Å². The summed E-state index contributed by atoms with van der Waals surface area (Å²) in [6.45, 7) is 0.217. The third-order valence-electron chi connectivity index (χ3n) is 2.67. The molecular formula is C12H14N4O3. The Morgan fingerprint density at radius 1 is 1.37 bits per heavy atom. The Kier molecular flexibility index (Phi) is 3.28. The van der Waals surface area contributed by atoms with E-state index in [0.717, 1.165) is 6.07 Å². The topological polar surface area (TPSA) is 113 Å². The Morgan fingerprint density at radius 3 is 2.53 bits per heavy atom. The van der Waals surface area contributed by atoms with Crippen LogP contribution in [0.3, 0.4) is 0 Å². The molecule has 100 valence electrons. The Bertz CT molecular complexity index is 601. The van der Waals surface area contributed by atoms with Crippen LogP contribution in [0.4, 0.5) is 5.82 Å². The van der Waals surface area contributed by atoms with Crippen molar-refractivity contribution in [3.63, 3.8) is 0 Å². The van der Waals surface area contributed by atoms with Crippen molar-refractivity contribution in [1.82, 2.24) is 15.1 Å². The summed E-state index contributed by atoms with van der Waals surface area (Å²) in [4.78, 5) is 11.8. The largest absolute Gasteiger partial charge is 0.508 e. The number of hydrogen-bond acceptors (Lipinski definition) is 5. The number of aryl methyl sites for hydroxylation is 1. The molecule has 19 heavy (non-hydrogen) atoms. The van der Waals surface area contributed by atoms with Crippen LogP contribution >= 0.6 is 0 Å². The number of nitrogen functional groups attached to an aromatic ring is 1. The minimum atomic E-state index is -0.422. The summed E-state index contributed by atoms with van der Waals surface area (Å²) < 4.78 is 1.50. The van der Waals surface area contributed by atoms with Crippen molar-refractivity contribution in [1.29, 1.82) is 0 Å². The first-order chi connectivity index (χ1) is 8.97. The molecule has 1 heterocycles. The fourth-order valence-corrected chi connectivity index (χ4v) is 1.63. The standard InChI is InChI=1S/C12H14N4O3/c1-16-11(13)8(6-15-16)5-14-12(19)7-2-9(17)4-10(18)3-7/h2-4,6,17-18H,5,13H2,1H3,(H,14,19). The maximum Gasteiger partial charge on any atom is 0.251 e. The molecule has 0 unspecified atom stereocenters. The van der Waals surface area contributed by atoms with Crippen LogP contribution in [0.15, 0.2) is 24.4 Å². The van der Waals surface area contributed by atoms with Gasteiger partial charge in [0.05, 0.1) is 6.20 Å². The lowest BCUT2D eigenvalue weighted by molar-refractivity contribution is 0.0950. The summed E-state index contributed by atoms with van der Waals surface area (Å²) in [6, 6.07) is 3.68. The average molecular weight is 262 g/mol. The highest BCUT2D eigenvalue weighted by molar-refractivity contribution is 5.95. The molecule has 0 fully saturated rings. The van der Waals surface area contributed by atoms with Gasteiger partial charge in [0.2, 0.25) is 0 Å². The number of rotatable bonds is 3. The lowest BCUT2D eigenvalue weighted by Crippen LogP contribution is -2.23. The van der Waals surface area contributed by atoms with Crippen molar-refractivity contribution in [2.45, 2.75) is 6.54 Å². The summed E-state index contributed by atoms with van der Waals surface area (Å²) >= 11 is 0. The number of aromatic nitrogens is 2. The third-order valence-corrected chi connectivity index (χ3v) is 2.67. The summed E-state index contributed by atoms with van der Waals surface area (Å²) in [6.07, 6.45) is 1.57. The fourth-order valence-electron chi connectivity index (χ4n) is 1.63. The SMILES string of the molecule is Cn1ncc(CNC(=O)c2cc(O)cc(O)c2)c1N. The lowest BCUT2D eigenvalue weighted by atomic mass is 10.2. The molecule has 1 aromatic carbocycles. The van der Waals surface area contributed by atoms with Crippen LogP contribution in [0.5, 0.6) is 11.5 Å². The number of aromatic hydroxyl groups is 2. The van der Waals surface area contributed by atoms with Crippen LogP contribution in [0.25, 0.3) is 0 Å². The Balaban J connectivity index is 2.07. The first kappa shape index (κ1) is 12.7. The first-order valence-electron chi connectivity index (χ1n) is 5.55. The van der Waals surface area contributed by atoms with Crippen molar-refractivity contribution in [2.24, 2.45) is 7.05 Å². The minimum absolute atomic E-state index is 0.167. The Labute approximate surface area is 109 Å². The Morgan fingerprint density at radius 2 is 2.00 bits per heavy atom. The normalized spacial score (nSPS) is 10.4. The van der Waals surface area contributed by atoms with Gasteiger partial charge in [-0.05, 0) is 12.1 Å². The van der Waals surface area contributed by atoms with Crippen molar-refractivity contribution in [3.8, 4) is 11.5 Å². The van der Waals surface area contributed by atoms with Crippen molar-refractivity contribution >= 4 is 11.7 Å². The minimum Gasteiger partial charge on any atom is -0.508 e. The molecule has 0 bridgehead atoms. The van der Waals surface area contributed by atoms with E-state index in [0.29, 0.717) is 11.4 Å². The lowest BCUT2D eigenvalue weighted by Gasteiger charge is -2.06. The molecular weight excluding hydrogens is 248 g/mol. The highest BCUT2D eigenvalue weighted by Crippen LogP contribution is 2.20. The number of anilines is 1. The zero-order valence-corrected chi connectivity index (χ0v) is 10.3. The van der Waals surface area contributed by atoms with Gasteiger partial charge in [-0.15, -0.1) is 0 Å². The highest BCUT2D eigenvalue weighted by atomic mass is 16.3. The second-order valence-electron chi connectivity index (χ2n) is 4.10. The van der Waals surface area contributed by atoms with Gasteiger partial charge in [0.15, 0.2) is 0 Å². The van der Waals surface area contributed by atoms with Gasteiger partial charge in [-0.25, -0.2) is 0 Å². The Hall–Kier alpha value is -2.70. The molecule has 0 saturated heterocycles. The summed E-state index contributed by atoms with van der Waals surface area (Å²) in [5.74, 6) is -0.300. The maximum atomic E-state index is 11.8. The predicted octanol–water partition coefficient (Wildman–Crippen LogP) is 0.343. The number of phenols is 2. The molecule has 0 atom stereocenters. The van der Waals surface area contributed by atoms with Gasteiger partial charge in [0.1, 0.15) is 17.3 Å². The molecule has 2 aromatic rings. The monoisotopic (exact) mass is 262 g/mol. The van der Waals surface area contributed by atoms with E-state index in [9.17, 15) is 15.0 Å². The molecule has 2 rings (SSSR count). The quantitative estimate of drug-likeness (QED) is 0.637. The number of amides is 1. The van der Waals surface area contributed by atoms with Gasteiger partial charge in [-0.3, -0.25) is 9.48 Å². The number of hydrogen-bond donors (Lipinski definition) is 4. The van der Waals surface area contributed by atoms with Gasteiger partial charge in [0.25, 0.3) is 5.91 Å². The third kappa shape index (κ3) is 2.76. The van der Waals surface area contributed by atoms with Crippen molar-refractivity contribution < 1.29 is 15.0 Å². The van der Waals surface area contributed by atoms with Crippen LogP contribution in [0.1, 0.15) is 15.9 Å². The first-order valence-corrected chi connectivity index (χ1v) is 5.55. The van der Waals surface area contributed by atoms with Crippen LogP contribution in [0.2, 0.25) is 0 Å². The van der Waals surface area contributed by atoms with E-state index in [1.807, 2.05) is 0 Å². The number of nitrogens with one attached hydrogen (secondary N) is 1. The summed E-state index contributed by atoms with van der Waals surface area (Å²) in [5.41, 5.74) is 6.61. The molecule has 7 heteroatoms. The number of carbonyl (C=O) groups is 1. The maximum absolute atomic E-state index is 11.8. The molecule has 0 aliphatic carbocycles. The molecule has 0 spiro atoms. The smallest absolute Gasteiger partial charge is 0.251 e. The molecule has 0 aliphatic rings. The van der Waals surface area contributed by atoms with Crippen LogP contribution in [0, 0.1) is 0 Å². The van der Waals surface area contributed by atoms with Gasteiger partial charge >= 0.3 is 0 Å². The van der Waals surface area contributed by atoms with Gasteiger partial charge in [0, 0.05) is 30.8 Å². The van der Waals surface area contributed by atoms with Crippen molar-refractivity contribution in [3.05, 3.63) is 35.5 Å². The van der Waals surface area contributed by atoms with Crippen LogP contribution in [-0.4, -0.2) is 25.9 Å². The van der Waals surface area contributed by atoms with E-state index >= 15 is 0 Å². The number of phenolic OH excluding ortho intramolecular Hbond substituents is 2. The molecule has 7 nitrogen and oxygen atoms in total. The highest BCUT2D eigenvalue weighted by Gasteiger charge is 2.10. The summed E-state index contributed by atoms with van der Waals surface area (Å²) in [7, 11) is 1.70. The molecule has 5 N–H and O–H groups in total. The second-order valence-corrected chi connectivity index (χ2v) is 4.10. The van der Waals surface area contributed by atoms with E-state index < -0.39 is 5.91 Å². The van der Waals surface area contributed by atoms with Crippen LogP contribution < -0.4 is 11.1 Å². The van der Waals surface area contributed by atoms with E-state index in [2.05, 4.69) is 10.4 Å². The predicted molar refractivity (Wildman–Crippen MR) is 68.6 cm³/mol. The van der Waals surface area contributed by atoms with E-state index in [-0.39, 0.29) is 23.6 Å². The molecule has 0 radical (unpaired) electrons. The zero-order valence-electron chi connectivity index (χ0n) is 10.3. The summed E-state index contributed by atoms with van der Waals surface area (Å²) in [5, 5.41) is 25.2. The van der Waals surface area contributed by atoms with E-state index in [1.54, 1.807) is 13.2 Å². The fraction of sp³-hybridized carbons (Fsp3) is 0.167. The van der Waals surface area contributed by atoms with E-state index in [1.165, 1.54) is 16.8 Å². The number of nitrogens with two attached hydrogens (primary N) is 1. The van der Waals surface area contributed by atoms with Gasteiger partial charge in [-0.1, -0.05) is 0 Å². The molecule has 0 aliphatic heterocycles. The van der Waals surface area contributed by atoms with Gasteiger partial charge in [-0.2, -0.15) is 5.10 Å². The molecule has 1 aromatic heterocycles. The zero-order chi connectivity index (χ0) is 14.0. The number of benzene rings is 1. The number of carbonyl (C=O) groups excluding carboxylic acids is 1. The molecule has 1 amide bonds.